The highest BCUT2D eigenvalue weighted by molar-refractivity contribution is 14.1. The normalized spacial score (nSPS) is 14.3. The Balaban J connectivity index is 3.32. The van der Waals surface area contributed by atoms with Gasteiger partial charge < -0.3 is 41.9 Å². The zero-order chi connectivity index (χ0) is 21.6. The fourth-order valence-electron chi connectivity index (χ4n) is 2.08. The molecule has 0 aliphatic rings. The van der Waals surface area contributed by atoms with Crippen LogP contribution < -0.4 is 16.4 Å². The standard InChI is InChI=1S/C15H20I3N3O7/c16-10-8(14(27)20-1-5(25)2-22)11(17)13(19)12(18)9(10)15(28)21-6(3-23)7(26)4-24/h5-7,22-26H,1-4,19H2,(H,20,27)(H,21,28). The Morgan fingerprint density at radius 2 is 1.43 bits per heavy atom. The molecule has 0 fully saturated rings. The number of hydrogen-bond donors (Lipinski definition) is 8. The highest BCUT2D eigenvalue weighted by Gasteiger charge is 2.29. The van der Waals surface area contributed by atoms with Crippen LogP contribution in [0.1, 0.15) is 20.7 Å². The molecule has 3 unspecified atom stereocenters. The zero-order valence-corrected chi connectivity index (χ0v) is 20.8. The van der Waals surface area contributed by atoms with Gasteiger partial charge in [-0.05, 0) is 67.8 Å². The zero-order valence-electron chi connectivity index (χ0n) is 14.3. The number of carbonyl (C=O) groups is 2. The molecular weight excluding hydrogens is 715 g/mol. The molecular formula is C15H20I3N3O7. The predicted octanol–water partition coefficient (Wildman–Crippen LogP) is -1.39. The average molecular weight is 735 g/mol. The van der Waals surface area contributed by atoms with Gasteiger partial charge in [0.2, 0.25) is 0 Å². The Kier molecular flexibility index (Phi) is 11.1. The molecule has 0 heterocycles. The van der Waals surface area contributed by atoms with Gasteiger partial charge >= 0.3 is 0 Å². The van der Waals surface area contributed by atoms with Crippen LogP contribution in [0.25, 0.3) is 0 Å². The van der Waals surface area contributed by atoms with Crippen LogP contribution in [0, 0.1) is 10.7 Å². The third kappa shape index (κ3) is 6.22. The Bertz CT molecular complexity index is 736. The molecule has 1 rings (SSSR count). The van der Waals surface area contributed by atoms with E-state index in [1.807, 2.05) is 67.8 Å². The van der Waals surface area contributed by atoms with Crippen molar-refractivity contribution in [2.45, 2.75) is 18.2 Å². The summed E-state index contributed by atoms with van der Waals surface area (Å²) in [5, 5.41) is 51.2. The summed E-state index contributed by atoms with van der Waals surface area (Å²) in [4.78, 5) is 25.3. The van der Waals surface area contributed by atoms with Crippen LogP contribution in [-0.4, -0.2) is 82.0 Å². The minimum atomic E-state index is -1.37. The van der Waals surface area contributed by atoms with Crippen LogP contribution in [0.4, 0.5) is 5.69 Å². The minimum Gasteiger partial charge on any atom is -0.397 e. The lowest BCUT2D eigenvalue weighted by atomic mass is 10.1. The molecule has 1 aromatic rings. The Morgan fingerprint density at radius 3 is 1.89 bits per heavy atom. The van der Waals surface area contributed by atoms with Crippen molar-refractivity contribution < 1.29 is 35.1 Å². The number of carbonyl (C=O) groups excluding carboxylic acids is 2. The molecule has 0 saturated heterocycles. The van der Waals surface area contributed by atoms with E-state index in [0.717, 1.165) is 0 Å². The first-order valence-electron chi connectivity index (χ1n) is 7.84. The lowest BCUT2D eigenvalue weighted by molar-refractivity contribution is 0.0388. The van der Waals surface area contributed by atoms with E-state index >= 15 is 0 Å². The Labute approximate surface area is 201 Å². The van der Waals surface area contributed by atoms with Crippen LogP contribution >= 0.6 is 67.8 Å². The van der Waals surface area contributed by atoms with Crippen LogP contribution in [0.5, 0.6) is 0 Å². The second-order valence-corrected chi connectivity index (χ2v) is 8.90. The number of nitrogens with two attached hydrogens (primary N) is 1. The maximum atomic E-state index is 12.7. The van der Waals surface area contributed by atoms with Crippen molar-refractivity contribution in [1.29, 1.82) is 0 Å². The number of nitrogen functional groups attached to an aromatic ring is 1. The summed E-state index contributed by atoms with van der Waals surface area (Å²) < 4.78 is 1.07. The maximum Gasteiger partial charge on any atom is 0.253 e. The maximum absolute atomic E-state index is 12.7. The Hall–Kier alpha value is -0.0500. The van der Waals surface area contributed by atoms with Crippen LogP contribution in [0.15, 0.2) is 0 Å². The van der Waals surface area contributed by atoms with E-state index in [9.17, 15) is 24.9 Å². The summed E-state index contributed by atoms with van der Waals surface area (Å²) in [7, 11) is 0. The van der Waals surface area contributed by atoms with E-state index in [1.54, 1.807) is 0 Å². The molecule has 0 bridgehead atoms. The largest absolute Gasteiger partial charge is 0.397 e. The average Bonchev–Trinajstić information content (AvgIpc) is 2.67. The van der Waals surface area contributed by atoms with Crippen LogP contribution in [0.2, 0.25) is 0 Å². The second kappa shape index (κ2) is 12.0. The summed E-state index contributed by atoms with van der Waals surface area (Å²) >= 11 is 5.55. The molecule has 9 N–H and O–H groups in total. The van der Waals surface area contributed by atoms with E-state index in [2.05, 4.69) is 10.6 Å². The molecule has 28 heavy (non-hydrogen) atoms. The van der Waals surface area contributed by atoms with Gasteiger partial charge in [0.15, 0.2) is 0 Å². The highest BCUT2D eigenvalue weighted by Crippen LogP contribution is 2.33. The number of benzene rings is 1. The summed E-state index contributed by atoms with van der Waals surface area (Å²) in [5.74, 6) is -1.28. The van der Waals surface area contributed by atoms with Crippen molar-refractivity contribution in [3.05, 3.63) is 21.8 Å². The molecule has 3 atom stereocenters. The minimum absolute atomic E-state index is 0.0792. The van der Waals surface area contributed by atoms with E-state index in [4.69, 9.17) is 15.9 Å². The molecule has 0 aliphatic heterocycles. The van der Waals surface area contributed by atoms with Gasteiger partial charge in [0.1, 0.15) is 0 Å². The number of amides is 2. The number of halogens is 3. The molecule has 0 aromatic heterocycles. The molecule has 2 amide bonds. The number of nitrogens with one attached hydrogen (secondary N) is 2. The molecule has 0 radical (unpaired) electrons. The smallest absolute Gasteiger partial charge is 0.253 e. The monoisotopic (exact) mass is 735 g/mol. The molecule has 1 aromatic carbocycles. The van der Waals surface area contributed by atoms with Crippen LogP contribution in [-0.2, 0) is 0 Å². The van der Waals surface area contributed by atoms with Gasteiger partial charge in [0.25, 0.3) is 11.8 Å². The summed E-state index contributed by atoms with van der Waals surface area (Å²) in [6, 6.07) is -1.11. The van der Waals surface area contributed by atoms with Gasteiger partial charge in [-0.2, -0.15) is 0 Å². The van der Waals surface area contributed by atoms with Crippen molar-refractivity contribution in [3.8, 4) is 0 Å². The molecule has 10 nitrogen and oxygen atoms in total. The van der Waals surface area contributed by atoms with Gasteiger partial charge in [-0.1, -0.05) is 0 Å². The van der Waals surface area contributed by atoms with Gasteiger partial charge in [-0.15, -0.1) is 0 Å². The number of aliphatic hydroxyl groups excluding tert-OH is 5. The van der Waals surface area contributed by atoms with E-state index in [-0.39, 0.29) is 26.9 Å². The van der Waals surface area contributed by atoms with Crippen molar-refractivity contribution in [1.82, 2.24) is 10.6 Å². The molecule has 0 aliphatic carbocycles. The quantitative estimate of drug-likeness (QED) is 0.113. The van der Waals surface area contributed by atoms with E-state index < -0.39 is 49.9 Å². The molecule has 0 spiro atoms. The Morgan fingerprint density at radius 1 is 0.893 bits per heavy atom. The molecule has 0 saturated carbocycles. The van der Waals surface area contributed by atoms with Crippen molar-refractivity contribution in [2.24, 2.45) is 0 Å². The topological polar surface area (TPSA) is 185 Å². The first-order valence-corrected chi connectivity index (χ1v) is 11.1. The fraction of sp³-hybridized carbons (Fsp3) is 0.467. The van der Waals surface area contributed by atoms with Crippen molar-refractivity contribution in [3.63, 3.8) is 0 Å². The third-order valence-corrected chi connectivity index (χ3v) is 7.00. The number of anilines is 1. The first-order chi connectivity index (χ1) is 13.1. The van der Waals surface area contributed by atoms with Crippen molar-refractivity contribution in [2.75, 3.05) is 32.1 Å². The lowest BCUT2D eigenvalue weighted by Gasteiger charge is -2.22. The number of aliphatic hydroxyl groups is 5. The van der Waals surface area contributed by atoms with E-state index in [0.29, 0.717) is 7.14 Å². The molecule has 13 heteroatoms. The van der Waals surface area contributed by atoms with E-state index in [1.165, 1.54) is 0 Å². The van der Waals surface area contributed by atoms with Gasteiger partial charge in [-0.3, -0.25) is 9.59 Å². The first kappa shape index (κ1) is 26.0. The second-order valence-electron chi connectivity index (χ2n) is 5.66. The fourth-order valence-corrected chi connectivity index (χ4v) is 6.22. The van der Waals surface area contributed by atoms with Crippen LogP contribution in [0.3, 0.4) is 0 Å². The van der Waals surface area contributed by atoms with Gasteiger partial charge in [0, 0.05) is 10.1 Å². The number of rotatable bonds is 9. The highest BCUT2D eigenvalue weighted by atomic mass is 127. The lowest BCUT2D eigenvalue weighted by Crippen LogP contribution is -2.47. The van der Waals surface area contributed by atoms with Gasteiger partial charge in [0.05, 0.1) is 62.0 Å². The predicted molar refractivity (Wildman–Crippen MR) is 126 cm³/mol. The SMILES string of the molecule is Nc1c(I)c(C(=O)NCC(O)CO)c(I)c(C(=O)NC(CO)C(O)CO)c1I. The van der Waals surface area contributed by atoms with Crippen molar-refractivity contribution >= 4 is 85.3 Å². The number of hydrogen-bond acceptors (Lipinski definition) is 8. The summed E-state index contributed by atoms with van der Waals surface area (Å²) in [6.45, 7) is -1.97. The third-order valence-electron chi connectivity index (χ3n) is 3.68. The molecule has 158 valence electrons. The van der Waals surface area contributed by atoms with Gasteiger partial charge in [-0.25, -0.2) is 0 Å². The summed E-state index contributed by atoms with van der Waals surface area (Å²) in [6.07, 6.45) is -2.50. The summed E-state index contributed by atoms with van der Waals surface area (Å²) in [5.41, 5.74) is 6.45.